The van der Waals surface area contributed by atoms with E-state index in [0.717, 1.165) is 0 Å². The second-order valence-electron chi connectivity index (χ2n) is 4.31. The van der Waals surface area contributed by atoms with Crippen LogP contribution in [0.1, 0.15) is 13.8 Å². The number of nitrogen functional groups attached to an aromatic ring is 1. The zero-order valence-corrected chi connectivity index (χ0v) is 13.3. The molecule has 2 rings (SSSR count). The van der Waals surface area contributed by atoms with Crippen molar-refractivity contribution in [3.8, 4) is 11.4 Å². The number of carbonyl (C=O) groups excluding carboxylic acids is 1. The summed E-state index contributed by atoms with van der Waals surface area (Å²) in [5.74, 6) is 6.41. The average Bonchev–Trinajstić information content (AvgIpc) is 2.81. The van der Waals surface area contributed by atoms with Crippen LogP contribution in [0.4, 0.5) is 0 Å². The molecule has 1 aromatic heterocycles. The molecular weight excluding hydrogens is 310 g/mol. The molecule has 0 spiro atoms. The van der Waals surface area contributed by atoms with Crippen molar-refractivity contribution in [2.75, 3.05) is 12.4 Å². The Morgan fingerprint density at radius 3 is 2.86 bits per heavy atom. The molecule has 1 heterocycles. The first-order chi connectivity index (χ1) is 10.0. The maximum absolute atomic E-state index is 11.7. The molecule has 0 aliphatic rings. The molecule has 3 N–H and O–H groups in total. The number of carbonyl (C=O) groups is 1. The summed E-state index contributed by atoms with van der Waals surface area (Å²) in [6.45, 7) is 4.25. The van der Waals surface area contributed by atoms with Crippen LogP contribution < -0.4 is 11.2 Å². The van der Waals surface area contributed by atoms with Crippen molar-refractivity contribution in [1.82, 2.24) is 20.2 Å². The molecule has 2 aromatic rings. The first-order valence-corrected chi connectivity index (χ1v) is 7.70. The second-order valence-corrected chi connectivity index (χ2v) is 6.03. The maximum atomic E-state index is 11.7. The van der Waals surface area contributed by atoms with Crippen LogP contribution >= 0.6 is 23.4 Å². The zero-order valence-electron chi connectivity index (χ0n) is 11.7. The van der Waals surface area contributed by atoms with Crippen molar-refractivity contribution in [3.63, 3.8) is 0 Å². The third-order valence-electron chi connectivity index (χ3n) is 2.78. The Hall–Kier alpha value is -1.73. The fraction of sp³-hybridized carbons (Fsp3) is 0.308. The summed E-state index contributed by atoms with van der Waals surface area (Å²) in [6, 6.07) is 7.25. The Bertz CT molecular complexity index is 645. The topological polar surface area (TPSA) is 85.8 Å². The Balaban J connectivity index is 2.22. The molecular formula is C13H16ClN5OS. The van der Waals surface area contributed by atoms with E-state index in [2.05, 4.69) is 15.5 Å². The van der Waals surface area contributed by atoms with Crippen LogP contribution in [-0.4, -0.2) is 32.6 Å². The third-order valence-corrected chi connectivity index (χ3v) is 4.17. The highest BCUT2D eigenvalue weighted by molar-refractivity contribution is 8.00. The number of aromatic nitrogens is 3. The molecule has 0 radical (unpaired) electrons. The standard InChI is InChI=1S/C13H16ClN5OS/c1-3-16-12(20)8(2)21-13-18-17-11(19(13)15)9-6-4-5-7-10(9)14/h4-8H,3,15H2,1-2H3,(H,16,20)/t8-/m0/s1. The van der Waals surface area contributed by atoms with Gasteiger partial charge in [0.2, 0.25) is 11.1 Å². The molecule has 8 heteroatoms. The van der Waals surface area contributed by atoms with E-state index in [1.54, 1.807) is 13.0 Å². The van der Waals surface area contributed by atoms with Crippen molar-refractivity contribution < 1.29 is 4.79 Å². The number of hydrogen-bond donors (Lipinski definition) is 2. The lowest BCUT2D eigenvalue weighted by Gasteiger charge is -2.10. The number of thioether (sulfide) groups is 1. The number of nitrogens with one attached hydrogen (secondary N) is 1. The van der Waals surface area contributed by atoms with E-state index in [1.165, 1.54) is 16.4 Å². The summed E-state index contributed by atoms with van der Waals surface area (Å²) in [5, 5.41) is 11.5. The summed E-state index contributed by atoms with van der Waals surface area (Å²) in [5.41, 5.74) is 0.701. The lowest BCUT2D eigenvalue weighted by molar-refractivity contribution is -0.120. The number of hydrogen-bond acceptors (Lipinski definition) is 5. The van der Waals surface area contributed by atoms with Crippen LogP contribution in [0.3, 0.4) is 0 Å². The molecule has 0 saturated carbocycles. The van der Waals surface area contributed by atoms with Gasteiger partial charge in [-0.1, -0.05) is 35.5 Å². The first kappa shape index (κ1) is 15.7. The quantitative estimate of drug-likeness (QED) is 0.648. The predicted octanol–water partition coefficient (Wildman–Crippen LogP) is 1.93. The largest absolute Gasteiger partial charge is 0.355 e. The Morgan fingerprint density at radius 1 is 1.48 bits per heavy atom. The molecule has 1 aromatic carbocycles. The van der Waals surface area contributed by atoms with Gasteiger partial charge in [0.15, 0.2) is 5.82 Å². The molecule has 21 heavy (non-hydrogen) atoms. The molecule has 112 valence electrons. The number of amides is 1. The maximum Gasteiger partial charge on any atom is 0.233 e. The second kappa shape index (κ2) is 6.82. The smallest absolute Gasteiger partial charge is 0.233 e. The van der Waals surface area contributed by atoms with E-state index in [0.29, 0.717) is 28.1 Å². The minimum Gasteiger partial charge on any atom is -0.355 e. The molecule has 1 amide bonds. The van der Waals surface area contributed by atoms with Gasteiger partial charge in [-0.25, -0.2) is 4.68 Å². The van der Waals surface area contributed by atoms with Gasteiger partial charge in [0, 0.05) is 12.1 Å². The molecule has 0 aliphatic carbocycles. The minimum atomic E-state index is -0.310. The van der Waals surface area contributed by atoms with E-state index in [1.807, 2.05) is 25.1 Å². The van der Waals surface area contributed by atoms with E-state index >= 15 is 0 Å². The highest BCUT2D eigenvalue weighted by Crippen LogP contribution is 2.28. The summed E-state index contributed by atoms with van der Waals surface area (Å²) < 4.78 is 1.35. The fourth-order valence-corrected chi connectivity index (χ4v) is 2.73. The van der Waals surface area contributed by atoms with Gasteiger partial charge in [-0.05, 0) is 26.0 Å². The van der Waals surface area contributed by atoms with Gasteiger partial charge in [-0.2, -0.15) is 0 Å². The molecule has 0 unspecified atom stereocenters. The molecule has 1 atom stereocenters. The zero-order chi connectivity index (χ0) is 15.4. The normalized spacial score (nSPS) is 12.1. The first-order valence-electron chi connectivity index (χ1n) is 6.44. The van der Waals surface area contributed by atoms with Gasteiger partial charge >= 0.3 is 0 Å². The lowest BCUT2D eigenvalue weighted by Crippen LogP contribution is -2.31. The third kappa shape index (κ3) is 3.48. The average molecular weight is 326 g/mol. The van der Waals surface area contributed by atoms with Gasteiger partial charge in [-0.3, -0.25) is 4.79 Å². The number of nitrogens with two attached hydrogens (primary N) is 1. The lowest BCUT2D eigenvalue weighted by atomic mass is 10.2. The molecule has 0 saturated heterocycles. The van der Waals surface area contributed by atoms with E-state index in [9.17, 15) is 4.79 Å². The van der Waals surface area contributed by atoms with Crippen molar-refractivity contribution in [2.45, 2.75) is 24.3 Å². The molecule has 0 bridgehead atoms. The van der Waals surface area contributed by atoms with Crippen molar-refractivity contribution in [2.24, 2.45) is 0 Å². The molecule has 0 aliphatic heterocycles. The Labute approximate surface area is 132 Å². The van der Waals surface area contributed by atoms with Crippen LogP contribution in [-0.2, 0) is 4.79 Å². The van der Waals surface area contributed by atoms with Gasteiger partial charge < -0.3 is 11.2 Å². The van der Waals surface area contributed by atoms with E-state index in [4.69, 9.17) is 17.4 Å². The van der Waals surface area contributed by atoms with Gasteiger partial charge in [0.1, 0.15) is 0 Å². The Morgan fingerprint density at radius 2 is 2.19 bits per heavy atom. The van der Waals surface area contributed by atoms with Crippen molar-refractivity contribution in [3.05, 3.63) is 29.3 Å². The van der Waals surface area contributed by atoms with Gasteiger partial charge in [0.25, 0.3) is 0 Å². The fourth-order valence-electron chi connectivity index (χ4n) is 1.71. The SMILES string of the molecule is CCNC(=O)[C@H](C)Sc1nnc(-c2ccccc2Cl)n1N. The summed E-state index contributed by atoms with van der Waals surface area (Å²) in [6.07, 6.45) is 0. The number of rotatable bonds is 5. The van der Waals surface area contributed by atoms with Crippen molar-refractivity contribution >= 4 is 29.3 Å². The van der Waals surface area contributed by atoms with Gasteiger partial charge in [-0.15, -0.1) is 10.2 Å². The number of nitrogens with zero attached hydrogens (tertiary/aromatic N) is 3. The van der Waals surface area contributed by atoms with Crippen LogP contribution in [0.15, 0.2) is 29.4 Å². The van der Waals surface area contributed by atoms with E-state index < -0.39 is 0 Å². The number of halogens is 1. The predicted molar refractivity (Wildman–Crippen MR) is 84.6 cm³/mol. The van der Waals surface area contributed by atoms with Gasteiger partial charge in [0.05, 0.1) is 10.3 Å². The Kier molecular flexibility index (Phi) is 5.08. The van der Waals surface area contributed by atoms with E-state index in [-0.39, 0.29) is 11.2 Å². The minimum absolute atomic E-state index is 0.0650. The number of benzene rings is 1. The summed E-state index contributed by atoms with van der Waals surface area (Å²) in [4.78, 5) is 11.7. The molecule has 0 fully saturated rings. The molecule has 6 nitrogen and oxygen atoms in total. The van der Waals surface area contributed by atoms with Crippen LogP contribution in [0.25, 0.3) is 11.4 Å². The highest BCUT2D eigenvalue weighted by atomic mass is 35.5. The summed E-state index contributed by atoms with van der Waals surface area (Å²) >= 11 is 7.38. The van der Waals surface area contributed by atoms with Crippen molar-refractivity contribution in [1.29, 1.82) is 0 Å². The summed E-state index contributed by atoms with van der Waals surface area (Å²) in [7, 11) is 0. The van der Waals surface area contributed by atoms with Crippen LogP contribution in [0, 0.1) is 0 Å². The van der Waals surface area contributed by atoms with Crippen LogP contribution in [0.2, 0.25) is 5.02 Å². The van der Waals surface area contributed by atoms with Crippen LogP contribution in [0.5, 0.6) is 0 Å². The highest BCUT2D eigenvalue weighted by Gasteiger charge is 2.20. The monoisotopic (exact) mass is 325 g/mol.